The van der Waals surface area contributed by atoms with Crippen molar-refractivity contribution >= 4 is 22.8 Å². The highest BCUT2D eigenvalue weighted by atomic mass is 16.4. The molecule has 0 aliphatic rings. The number of aryl methyl sites for hydroxylation is 2. The molecule has 1 amide bonds. The van der Waals surface area contributed by atoms with Crippen LogP contribution in [0.2, 0.25) is 0 Å². The summed E-state index contributed by atoms with van der Waals surface area (Å²) in [7, 11) is 0. The van der Waals surface area contributed by atoms with E-state index < -0.39 is 12.0 Å². The van der Waals surface area contributed by atoms with Crippen molar-refractivity contribution in [3.8, 4) is 0 Å². The number of aliphatic carboxylic acids is 1. The molecule has 124 valence electrons. The smallest absolute Gasteiger partial charge is 0.326 e. The van der Waals surface area contributed by atoms with Crippen LogP contribution < -0.4 is 5.32 Å². The van der Waals surface area contributed by atoms with Crippen LogP contribution in [0.4, 0.5) is 0 Å². The summed E-state index contributed by atoms with van der Waals surface area (Å²) in [5.74, 6) is -1.18. The number of aromatic amines is 1. The number of carboxylic acid groups (broad SMARTS) is 1. The molecular formula is C18H24N2O3. The number of amides is 1. The lowest BCUT2D eigenvalue weighted by Gasteiger charge is -2.13. The van der Waals surface area contributed by atoms with Gasteiger partial charge >= 0.3 is 5.97 Å². The zero-order chi connectivity index (χ0) is 16.8. The molecule has 5 nitrogen and oxygen atoms in total. The third kappa shape index (κ3) is 4.58. The molecule has 5 heteroatoms. The van der Waals surface area contributed by atoms with E-state index in [1.807, 2.05) is 32.2 Å². The van der Waals surface area contributed by atoms with Crippen LogP contribution in [0.25, 0.3) is 10.9 Å². The number of rotatable bonds is 8. The maximum atomic E-state index is 12.0. The van der Waals surface area contributed by atoms with Crippen molar-refractivity contribution in [1.82, 2.24) is 10.3 Å². The number of aromatic nitrogens is 1. The summed E-state index contributed by atoms with van der Waals surface area (Å²) in [6, 6.07) is 5.38. The predicted octanol–water partition coefficient (Wildman–Crippen LogP) is 3.17. The molecule has 0 spiro atoms. The minimum atomic E-state index is -0.963. The molecule has 1 aromatic heterocycles. The highest BCUT2D eigenvalue weighted by Crippen LogP contribution is 2.20. The highest BCUT2D eigenvalue weighted by Gasteiger charge is 2.19. The first-order valence-electron chi connectivity index (χ1n) is 8.10. The predicted molar refractivity (Wildman–Crippen MR) is 90.4 cm³/mol. The Morgan fingerprint density at radius 3 is 2.83 bits per heavy atom. The van der Waals surface area contributed by atoms with E-state index in [0.29, 0.717) is 12.8 Å². The van der Waals surface area contributed by atoms with Gasteiger partial charge in [0.25, 0.3) is 0 Å². The Hall–Kier alpha value is -2.30. The first-order chi connectivity index (χ1) is 11.0. The van der Waals surface area contributed by atoms with Gasteiger partial charge < -0.3 is 15.4 Å². The van der Waals surface area contributed by atoms with Crippen LogP contribution in [0.3, 0.4) is 0 Å². The number of fused-ring (bicyclic) bond motifs is 1. The van der Waals surface area contributed by atoms with Crippen LogP contribution in [-0.2, 0) is 16.0 Å². The van der Waals surface area contributed by atoms with Crippen molar-refractivity contribution in [2.75, 3.05) is 0 Å². The summed E-state index contributed by atoms with van der Waals surface area (Å²) >= 11 is 0. The summed E-state index contributed by atoms with van der Waals surface area (Å²) in [4.78, 5) is 26.4. The van der Waals surface area contributed by atoms with E-state index in [2.05, 4.69) is 16.4 Å². The number of carbonyl (C=O) groups excluding carboxylic acids is 1. The molecule has 2 aromatic rings. The summed E-state index contributed by atoms with van der Waals surface area (Å²) in [6.45, 7) is 4.04. The van der Waals surface area contributed by atoms with Gasteiger partial charge in [-0.25, -0.2) is 4.79 Å². The minimum absolute atomic E-state index is 0.212. The number of hydrogen-bond donors (Lipinski definition) is 3. The van der Waals surface area contributed by atoms with Crippen molar-refractivity contribution in [1.29, 1.82) is 0 Å². The van der Waals surface area contributed by atoms with Gasteiger partial charge in [-0.2, -0.15) is 0 Å². The zero-order valence-electron chi connectivity index (χ0n) is 13.7. The Morgan fingerprint density at radius 1 is 1.35 bits per heavy atom. The van der Waals surface area contributed by atoms with E-state index in [0.717, 1.165) is 29.3 Å². The molecule has 0 saturated heterocycles. The highest BCUT2D eigenvalue weighted by molar-refractivity contribution is 5.86. The normalized spacial score (nSPS) is 12.3. The molecular weight excluding hydrogens is 292 g/mol. The number of carboxylic acids is 1. The molecule has 1 unspecified atom stereocenters. The number of hydrogen-bond acceptors (Lipinski definition) is 2. The molecule has 1 aromatic carbocycles. The first-order valence-corrected chi connectivity index (χ1v) is 8.10. The SMILES string of the molecule is CCCCC(NC(=O)CCc1c[nH]c2ccc(C)cc12)C(=O)O. The van der Waals surface area contributed by atoms with Gasteiger partial charge in [-0.3, -0.25) is 4.79 Å². The Labute approximate surface area is 136 Å². The lowest BCUT2D eigenvalue weighted by atomic mass is 10.1. The Kier molecular flexibility index (Phi) is 5.79. The van der Waals surface area contributed by atoms with Gasteiger partial charge in [0.2, 0.25) is 5.91 Å². The molecule has 1 atom stereocenters. The van der Waals surface area contributed by atoms with Crippen LogP contribution in [-0.4, -0.2) is 28.0 Å². The second kappa shape index (κ2) is 7.81. The van der Waals surface area contributed by atoms with Gasteiger partial charge in [-0.15, -0.1) is 0 Å². The van der Waals surface area contributed by atoms with Crippen molar-refractivity contribution in [3.63, 3.8) is 0 Å². The fraction of sp³-hybridized carbons (Fsp3) is 0.444. The monoisotopic (exact) mass is 316 g/mol. The minimum Gasteiger partial charge on any atom is -0.480 e. The first kappa shape index (κ1) is 17.1. The van der Waals surface area contributed by atoms with Gasteiger partial charge in [0.05, 0.1) is 0 Å². The lowest BCUT2D eigenvalue weighted by Crippen LogP contribution is -2.40. The number of nitrogens with one attached hydrogen (secondary N) is 2. The largest absolute Gasteiger partial charge is 0.480 e. The van der Waals surface area contributed by atoms with E-state index in [1.54, 1.807) is 0 Å². The van der Waals surface area contributed by atoms with Gasteiger partial charge in [0.15, 0.2) is 0 Å². The molecule has 3 N–H and O–H groups in total. The van der Waals surface area contributed by atoms with E-state index in [-0.39, 0.29) is 12.3 Å². The summed E-state index contributed by atoms with van der Waals surface area (Å²) in [5, 5.41) is 12.9. The number of carbonyl (C=O) groups is 2. The van der Waals surface area contributed by atoms with Crippen LogP contribution in [0.1, 0.15) is 43.7 Å². The van der Waals surface area contributed by atoms with Gasteiger partial charge in [0.1, 0.15) is 6.04 Å². The second-order valence-corrected chi connectivity index (χ2v) is 5.96. The van der Waals surface area contributed by atoms with E-state index in [1.165, 1.54) is 5.56 Å². The zero-order valence-corrected chi connectivity index (χ0v) is 13.7. The Balaban J connectivity index is 1.94. The van der Waals surface area contributed by atoms with Crippen molar-refractivity contribution in [3.05, 3.63) is 35.5 Å². The van der Waals surface area contributed by atoms with Crippen molar-refractivity contribution in [2.45, 2.75) is 52.0 Å². The summed E-state index contributed by atoms with van der Waals surface area (Å²) in [5.41, 5.74) is 3.31. The average Bonchev–Trinajstić information content (AvgIpc) is 2.91. The molecule has 1 heterocycles. The Morgan fingerprint density at radius 2 is 2.13 bits per heavy atom. The number of H-pyrrole nitrogens is 1. The molecule has 0 saturated carbocycles. The molecule has 23 heavy (non-hydrogen) atoms. The lowest BCUT2D eigenvalue weighted by molar-refractivity contribution is -0.142. The maximum absolute atomic E-state index is 12.0. The molecule has 0 fully saturated rings. The molecule has 0 bridgehead atoms. The fourth-order valence-electron chi connectivity index (χ4n) is 2.68. The van der Waals surface area contributed by atoms with Crippen molar-refractivity contribution in [2.24, 2.45) is 0 Å². The van der Waals surface area contributed by atoms with Gasteiger partial charge in [-0.1, -0.05) is 31.4 Å². The average molecular weight is 316 g/mol. The molecule has 0 radical (unpaired) electrons. The number of unbranched alkanes of at least 4 members (excludes halogenated alkanes) is 1. The summed E-state index contributed by atoms with van der Waals surface area (Å²) < 4.78 is 0. The fourth-order valence-corrected chi connectivity index (χ4v) is 2.68. The third-order valence-electron chi connectivity index (χ3n) is 4.02. The van der Waals surface area contributed by atoms with Crippen LogP contribution in [0, 0.1) is 6.92 Å². The van der Waals surface area contributed by atoms with Crippen LogP contribution in [0.15, 0.2) is 24.4 Å². The third-order valence-corrected chi connectivity index (χ3v) is 4.02. The maximum Gasteiger partial charge on any atom is 0.326 e. The molecule has 2 rings (SSSR count). The quantitative estimate of drug-likeness (QED) is 0.699. The second-order valence-electron chi connectivity index (χ2n) is 5.96. The van der Waals surface area contributed by atoms with Crippen LogP contribution >= 0.6 is 0 Å². The Bertz CT molecular complexity index is 691. The topological polar surface area (TPSA) is 82.2 Å². The van der Waals surface area contributed by atoms with E-state index in [4.69, 9.17) is 5.11 Å². The molecule has 0 aliphatic heterocycles. The number of benzene rings is 1. The van der Waals surface area contributed by atoms with E-state index in [9.17, 15) is 9.59 Å². The summed E-state index contributed by atoms with van der Waals surface area (Å²) in [6.07, 6.45) is 4.98. The van der Waals surface area contributed by atoms with Gasteiger partial charge in [-0.05, 0) is 37.5 Å². The van der Waals surface area contributed by atoms with E-state index >= 15 is 0 Å². The van der Waals surface area contributed by atoms with Gasteiger partial charge in [0, 0.05) is 23.5 Å². The molecule has 0 aliphatic carbocycles. The van der Waals surface area contributed by atoms with Crippen molar-refractivity contribution < 1.29 is 14.7 Å². The van der Waals surface area contributed by atoms with Crippen LogP contribution in [0.5, 0.6) is 0 Å². The standard InChI is InChI=1S/C18H24N2O3/c1-3-4-5-16(18(22)23)20-17(21)9-7-13-11-19-15-8-6-12(2)10-14(13)15/h6,8,10-11,16,19H,3-5,7,9H2,1-2H3,(H,20,21)(H,22,23).